The van der Waals surface area contributed by atoms with Crippen LogP contribution in [0.5, 0.6) is 0 Å². The second-order valence-corrected chi connectivity index (χ2v) is 15.8. The highest BCUT2D eigenvalue weighted by atomic mass is 16.5. The van der Waals surface area contributed by atoms with Gasteiger partial charge in [-0.05, 0) is 64.4 Å². The maximum atomic E-state index is 13.5. The summed E-state index contributed by atoms with van der Waals surface area (Å²) in [6.45, 7) is 22.9. The van der Waals surface area contributed by atoms with Crippen molar-refractivity contribution >= 4 is 23.7 Å². The average molecular weight is 727 g/mol. The van der Waals surface area contributed by atoms with Crippen LogP contribution >= 0.6 is 0 Å². The SMILES string of the molecule is CC(=O)OC\C(=C/C=C/C(C)=C/C=C/C=C(C)/C=C/C=C(C)/C=C/[C@H]1C(C)=CC(OC(C)=O)CC1(C)C)C(=O)CC1=C(C)CC(OC(C)=O)CC1(C)C. The molecular weight excluding hydrogens is 664 g/mol. The van der Waals surface area contributed by atoms with E-state index in [-0.39, 0.29) is 59.7 Å². The van der Waals surface area contributed by atoms with Crippen LogP contribution in [0.1, 0.15) is 109 Å². The molecule has 0 heterocycles. The molecule has 0 aliphatic heterocycles. The van der Waals surface area contributed by atoms with Gasteiger partial charge in [0.1, 0.15) is 18.8 Å². The summed E-state index contributed by atoms with van der Waals surface area (Å²) in [4.78, 5) is 48.0. The highest BCUT2D eigenvalue weighted by Crippen LogP contribution is 2.44. The van der Waals surface area contributed by atoms with E-state index in [1.165, 1.54) is 26.3 Å². The van der Waals surface area contributed by atoms with Crippen molar-refractivity contribution in [1.29, 1.82) is 0 Å². The van der Waals surface area contributed by atoms with Crippen molar-refractivity contribution in [1.82, 2.24) is 0 Å². The van der Waals surface area contributed by atoms with Crippen molar-refractivity contribution in [2.75, 3.05) is 6.61 Å². The van der Waals surface area contributed by atoms with Gasteiger partial charge in [0, 0.05) is 45.1 Å². The first-order chi connectivity index (χ1) is 24.7. The molecule has 2 unspecified atom stereocenters. The van der Waals surface area contributed by atoms with Crippen LogP contribution in [0.2, 0.25) is 0 Å². The molecule has 7 nitrogen and oxygen atoms in total. The molecule has 0 radical (unpaired) electrons. The number of ketones is 1. The average Bonchev–Trinajstić information content (AvgIpc) is 3.00. The first-order valence-electron chi connectivity index (χ1n) is 18.5. The zero-order chi connectivity index (χ0) is 39.9. The van der Waals surface area contributed by atoms with Crippen molar-refractivity contribution in [2.24, 2.45) is 16.7 Å². The highest BCUT2D eigenvalue weighted by molar-refractivity contribution is 5.98. The van der Waals surface area contributed by atoms with Gasteiger partial charge in [0.2, 0.25) is 0 Å². The smallest absolute Gasteiger partial charge is 0.303 e. The Bertz CT molecular complexity index is 1680. The summed E-state index contributed by atoms with van der Waals surface area (Å²) in [5.74, 6) is -0.823. The summed E-state index contributed by atoms with van der Waals surface area (Å²) in [7, 11) is 0. The fraction of sp³-hybridized carbons (Fsp3) is 0.478. The lowest BCUT2D eigenvalue weighted by atomic mass is 9.67. The molecular formula is C46H62O7. The quantitative estimate of drug-likeness (QED) is 0.0545. The largest absolute Gasteiger partial charge is 0.462 e. The van der Waals surface area contributed by atoms with Gasteiger partial charge in [-0.3, -0.25) is 19.2 Å². The number of hydrogen-bond donors (Lipinski definition) is 0. The monoisotopic (exact) mass is 726 g/mol. The lowest BCUT2D eigenvalue weighted by Gasteiger charge is -2.39. The Labute approximate surface area is 318 Å². The molecule has 288 valence electrons. The molecule has 0 N–H and O–H groups in total. The van der Waals surface area contributed by atoms with Crippen molar-refractivity contribution in [3.05, 3.63) is 118 Å². The third kappa shape index (κ3) is 15.9. The Kier molecular flexibility index (Phi) is 17.4. The number of esters is 3. The molecule has 0 saturated heterocycles. The summed E-state index contributed by atoms with van der Waals surface area (Å²) in [6.07, 6.45) is 28.0. The molecule has 0 saturated carbocycles. The van der Waals surface area contributed by atoms with Crippen LogP contribution in [0.4, 0.5) is 0 Å². The number of Topliss-reactive ketones (excluding diaryl/α,β-unsaturated/α-hetero) is 1. The van der Waals surface area contributed by atoms with Gasteiger partial charge in [-0.25, -0.2) is 0 Å². The molecule has 0 amide bonds. The number of rotatable bonds is 15. The molecule has 0 aromatic heterocycles. The van der Waals surface area contributed by atoms with Gasteiger partial charge in [0.05, 0.1) is 0 Å². The fourth-order valence-electron chi connectivity index (χ4n) is 7.11. The maximum Gasteiger partial charge on any atom is 0.303 e. The normalized spacial score (nSPS) is 22.9. The second kappa shape index (κ2) is 20.6. The standard InChI is InChI=1S/C46H62O7/c1-31(19-15-20-33(3)23-24-42-34(4)25-40(52-37(7)48)28-45(42,9)10)17-13-14-18-32(2)21-16-22-39(30-51-36(6)47)44(50)27-43-35(5)26-41(53-38(8)49)29-46(43,11)12/h13-25,40-42H,26-30H2,1-12H3/b14-13+,19-15+,21-16+,24-23+,31-17+,32-18+,33-20+,39-22+/t40?,41?,42-/m0/s1. The van der Waals surface area contributed by atoms with Gasteiger partial charge in [0.25, 0.3) is 0 Å². The Morgan fingerprint density at radius 3 is 1.79 bits per heavy atom. The van der Waals surface area contributed by atoms with Crippen molar-refractivity contribution in [3.63, 3.8) is 0 Å². The maximum absolute atomic E-state index is 13.5. The van der Waals surface area contributed by atoms with E-state index in [1.54, 1.807) is 12.2 Å². The van der Waals surface area contributed by atoms with E-state index in [4.69, 9.17) is 14.2 Å². The zero-order valence-corrected chi connectivity index (χ0v) is 34.1. The Morgan fingerprint density at radius 2 is 1.26 bits per heavy atom. The molecule has 3 atom stereocenters. The van der Waals surface area contributed by atoms with E-state index in [1.807, 2.05) is 57.2 Å². The second-order valence-electron chi connectivity index (χ2n) is 15.8. The number of ether oxygens (including phenoxy) is 3. The van der Waals surface area contributed by atoms with E-state index in [9.17, 15) is 19.2 Å². The summed E-state index contributed by atoms with van der Waals surface area (Å²) < 4.78 is 16.2. The van der Waals surface area contributed by atoms with Crippen molar-refractivity contribution < 1.29 is 33.4 Å². The minimum atomic E-state index is -0.447. The Morgan fingerprint density at radius 1 is 0.717 bits per heavy atom. The summed E-state index contributed by atoms with van der Waals surface area (Å²) in [6, 6.07) is 0. The van der Waals surface area contributed by atoms with E-state index in [2.05, 4.69) is 71.9 Å². The summed E-state index contributed by atoms with van der Waals surface area (Å²) in [5, 5.41) is 0. The van der Waals surface area contributed by atoms with Gasteiger partial charge in [0.15, 0.2) is 5.78 Å². The van der Waals surface area contributed by atoms with Crippen LogP contribution < -0.4 is 0 Å². The fourth-order valence-corrected chi connectivity index (χ4v) is 7.11. The first-order valence-corrected chi connectivity index (χ1v) is 18.5. The predicted molar refractivity (Wildman–Crippen MR) is 215 cm³/mol. The number of carbonyl (C=O) groups is 4. The van der Waals surface area contributed by atoms with Gasteiger partial charge in [-0.15, -0.1) is 0 Å². The van der Waals surface area contributed by atoms with Crippen LogP contribution in [-0.2, 0) is 33.4 Å². The van der Waals surface area contributed by atoms with Gasteiger partial charge in [-0.2, -0.15) is 0 Å². The molecule has 2 rings (SSSR count). The third-order valence-corrected chi connectivity index (χ3v) is 9.64. The van der Waals surface area contributed by atoms with E-state index >= 15 is 0 Å². The molecule has 0 spiro atoms. The number of hydrogen-bond acceptors (Lipinski definition) is 7. The predicted octanol–water partition coefficient (Wildman–Crippen LogP) is 10.5. The Balaban J connectivity index is 2.04. The molecule has 0 aromatic rings. The van der Waals surface area contributed by atoms with Gasteiger partial charge in [-0.1, -0.05) is 134 Å². The van der Waals surface area contributed by atoms with Crippen LogP contribution in [0.25, 0.3) is 0 Å². The van der Waals surface area contributed by atoms with E-state index in [0.29, 0.717) is 18.4 Å². The lowest BCUT2D eigenvalue weighted by Crippen LogP contribution is -2.34. The minimum Gasteiger partial charge on any atom is -0.462 e. The lowest BCUT2D eigenvalue weighted by molar-refractivity contribution is -0.148. The minimum absolute atomic E-state index is 0.0198. The molecule has 0 fully saturated rings. The number of allylic oxidation sites excluding steroid dienone is 17. The van der Waals surface area contributed by atoms with Gasteiger partial charge < -0.3 is 14.2 Å². The van der Waals surface area contributed by atoms with E-state index < -0.39 is 5.97 Å². The van der Waals surface area contributed by atoms with E-state index in [0.717, 1.165) is 34.3 Å². The molecule has 7 heteroatoms. The van der Waals surface area contributed by atoms with Crippen LogP contribution in [-0.4, -0.2) is 42.5 Å². The molecule has 2 aliphatic rings. The van der Waals surface area contributed by atoms with Crippen molar-refractivity contribution in [3.8, 4) is 0 Å². The zero-order valence-electron chi connectivity index (χ0n) is 34.1. The van der Waals surface area contributed by atoms with Crippen LogP contribution in [0, 0.1) is 16.7 Å². The molecule has 0 bridgehead atoms. The third-order valence-electron chi connectivity index (χ3n) is 9.64. The molecule has 2 aliphatic carbocycles. The Hall–Kier alpha value is -4.52. The molecule has 53 heavy (non-hydrogen) atoms. The van der Waals surface area contributed by atoms with Gasteiger partial charge >= 0.3 is 17.9 Å². The topological polar surface area (TPSA) is 96.0 Å². The molecule has 0 aromatic carbocycles. The van der Waals surface area contributed by atoms with Crippen LogP contribution in [0.15, 0.2) is 118 Å². The van der Waals surface area contributed by atoms with Crippen LogP contribution in [0.3, 0.4) is 0 Å². The summed E-state index contributed by atoms with van der Waals surface area (Å²) in [5.41, 5.74) is 6.63. The first kappa shape index (κ1) is 44.6. The highest BCUT2D eigenvalue weighted by Gasteiger charge is 2.37. The summed E-state index contributed by atoms with van der Waals surface area (Å²) >= 11 is 0. The number of carbonyl (C=O) groups excluding carboxylic acids is 4. The van der Waals surface area contributed by atoms with Crippen molar-refractivity contribution in [2.45, 2.75) is 121 Å².